The van der Waals surface area contributed by atoms with Gasteiger partial charge in [0.1, 0.15) is 6.54 Å². The molecule has 4 aliphatic carbocycles. The van der Waals surface area contributed by atoms with Crippen molar-refractivity contribution in [2.45, 2.75) is 32.1 Å². The van der Waals surface area contributed by atoms with E-state index in [1.165, 1.54) is 37.0 Å². The number of rotatable bonds is 5. The van der Waals surface area contributed by atoms with Crippen LogP contribution >= 0.6 is 0 Å². The van der Waals surface area contributed by atoms with Gasteiger partial charge in [-0.2, -0.15) is 0 Å². The van der Waals surface area contributed by atoms with E-state index >= 15 is 0 Å². The zero-order valence-electron chi connectivity index (χ0n) is 10.6. The molecule has 0 aromatic heterocycles. The lowest BCUT2D eigenvalue weighted by Crippen LogP contribution is -2.49. The van der Waals surface area contributed by atoms with Crippen molar-refractivity contribution in [3.63, 3.8) is 0 Å². The number of hydrogen-bond acceptors (Lipinski definition) is 2. The van der Waals surface area contributed by atoms with Crippen LogP contribution in [0.5, 0.6) is 0 Å². The van der Waals surface area contributed by atoms with Gasteiger partial charge in [0.15, 0.2) is 0 Å². The topological polar surface area (TPSA) is 57.6 Å². The maximum Gasteiger partial charge on any atom is 0.323 e. The summed E-state index contributed by atoms with van der Waals surface area (Å²) >= 11 is 0. The van der Waals surface area contributed by atoms with Crippen LogP contribution in [-0.4, -0.2) is 35.5 Å². The van der Waals surface area contributed by atoms with Crippen molar-refractivity contribution >= 4 is 12.4 Å². The highest BCUT2D eigenvalue weighted by molar-refractivity contribution is 5.71. The Hall–Kier alpha value is -1.06. The lowest BCUT2D eigenvalue weighted by atomic mass is 9.52. The largest absolute Gasteiger partial charge is 0.480 e. The van der Waals surface area contributed by atoms with Crippen molar-refractivity contribution < 1.29 is 14.7 Å². The van der Waals surface area contributed by atoms with E-state index in [1.54, 1.807) is 0 Å². The van der Waals surface area contributed by atoms with Crippen LogP contribution in [0.4, 0.5) is 0 Å². The van der Waals surface area contributed by atoms with Gasteiger partial charge in [-0.3, -0.25) is 9.59 Å². The number of hydrogen-bond donors (Lipinski definition) is 1. The molecule has 1 amide bonds. The monoisotopic (exact) mass is 251 g/mol. The highest BCUT2D eigenvalue weighted by atomic mass is 16.4. The third kappa shape index (κ3) is 2.13. The van der Waals surface area contributed by atoms with Gasteiger partial charge in [0.05, 0.1) is 0 Å². The molecule has 0 radical (unpaired) electrons. The van der Waals surface area contributed by atoms with Gasteiger partial charge in [0.2, 0.25) is 6.41 Å². The highest BCUT2D eigenvalue weighted by Crippen LogP contribution is 2.56. The second-order valence-electron chi connectivity index (χ2n) is 6.52. The van der Waals surface area contributed by atoms with Gasteiger partial charge in [-0.05, 0) is 61.7 Å². The Labute approximate surface area is 107 Å². The number of carboxylic acids is 1. The first-order chi connectivity index (χ1) is 8.65. The zero-order chi connectivity index (χ0) is 12.7. The molecular weight excluding hydrogens is 230 g/mol. The van der Waals surface area contributed by atoms with Gasteiger partial charge in [-0.15, -0.1) is 0 Å². The fourth-order valence-electron chi connectivity index (χ4n) is 4.93. The molecule has 4 nitrogen and oxygen atoms in total. The number of carbonyl (C=O) groups is 2. The molecule has 0 aromatic carbocycles. The first-order valence-corrected chi connectivity index (χ1v) is 7.07. The number of carbonyl (C=O) groups excluding carboxylic acids is 1. The molecule has 0 aromatic rings. The Bertz CT molecular complexity index is 327. The van der Waals surface area contributed by atoms with E-state index in [4.69, 9.17) is 5.11 Å². The minimum atomic E-state index is -0.911. The molecule has 100 valence electrons. The van der Waals surface area contributed by atoms with Crippen molar-refractivity contribution in [1.29, 1.82) is 0 Å². The molecule has 4 fully saturated rings. The van der Waals surface area contributed by atoms with Crippen LogP contribution < -0.4 is 0 Å². The number of aliphatic carboxylic acids is 1. The first-order valence-electron chi connectivity index (χ1n) is 7.07. The van der Waals surface area contributed by atoms with Crippen LogP contribution in [0.25, 0.3) is 0 Å². The minimum absolute atomic E-state index is 0.147. The maximum atomic E-state index is 11.0. The van der Waals surface area contributed by atoms with Crippen LogP contribution in [0, 0.1) is 29.6 Å². The Kier molecular flexibility index (Phi) is 3.04. The van der Waals surface area contributed by atoms with Crippen molar-refractivity contribution in [1.82, 2.24) is 4.90 Å². The summed E-state index contributed by atoms with van der Waals surface area (Å²) in [7, 11) is 0. The Morgan fingerprint density at radius 2 is 1.67 bits per heavy atom. The number of amides is 1. The van der Waals surface area contributed by atoms with E-state index in [2.05, 4.69) is 0 Å². The number of nitrogens with zero attached hydrogens (tertiary/aromatic N) is 1. The quantitative estimate of drug-likeness (QED) is 0.755. The summed E-state index contributed by atoms with van der Waals surface area (Å²) in [5.74, 6) is 2.99. The average molecular weight is 251 g/mol. The molecule has 4 bridgehead atoms. The predicted octanol–water partition coefficient (Wildman–Crippen LogP) is 1.60. The van der Waals surface area contributed by atoms with Gasteiger partial charge >= 0.3 is 5.97 Å². The molecule has 0 atom stereocenters. The fraction of sp³-hybridized carbons (Fsp3) is 0.857. The third-order valence-electron chi connectivity index (χ3n) is 5.35. The van der Waals surface area contributed by atoms with Crippen LogP contribution in [0.2, 0.25) is 0 Å². The second-order valence-corrected chi connectivity index (χ2v) is 6.52. The van der Waals surface area contributed by atoms with Crippen molar-refractivity contribution in [3.8, 4) is 0 Å². The lowest BCUT2D eigenvalue weighted by Gasteiger charge is -2.55. The molecule has 0 unspecified atom stereocenters. The zero-order valence-corrected chi connectivity index (χ0v) is 10.6. The molecule has 4 saturated carbocycles. The predicted molar refractivity (Wildman–Crippen MR) is 65.8 cm³/mol. The Morgan fingerprint density at radius 3 is 2.11 bits per heavy atom. The summed E-state index contributed by atoms with van der Waals surface area (Å²) in [4.78, 5) is 23.1. The van der Waals surface area contributed by atoms with E-state index < -0.39 is 5.97 Å². The lowest BCUT2D eigenvalue weighted by molar-refractivity contribution is -0.142. The third-order valence-corrected chi connectivity index (χ3v) is 5.35. The molecule has 0 saturated heterocycles. The molecule has 4 rings (SSSR count). The van der Waals surface area contributed by atoms with Crippen molar-refractivity contribution in [3.05, 3.63) is 0 Å². The molecule has 4 heteroatoms. The SMILES string of the molecule is O=CN(CC(=O)O)CC1C2CC3CC(C2)CC1C3. The van der Waals surface area contributed by atoms with Gasteiger partial charge in [0.25, 0.3) is 0 Å². The van der Waals surface area contributed by atoms with Crippen molar-refractivity contribution in [2.75, 3.05) is 13.1 Å². The molecular formula is C14H21NO3. The maximum absolute atomic E-state index is 11.0. The standard InChI is InChI=1S/C14H21NO3/c16-8-15(7-14(17)18)6-13-11-2-9-1-10(4-11)5-12(13)3-9/h8-13H,1-7H2,(H,17,18). The first kappa shape index (κ1) is 12.0. The van der Waals surface area contributed by atoms with E-state index in [0.717, 1.165) is 23.7 Å². The minimum Gasteiger partial charge on any atom is -0.480 e. The fourth-order valence-corrected chi connectivity index (χ4v) is 4.93. The molecule has 18 heavy (non-hydrogen) atoms. The molecule has 0 spiro atoms. The van der Waals surface area contributed by atoms with Crippen molar-refractivity contribution in [2.24, 2.45) is 29.6 Å². The molecule has 0 aliphatic heterocycles. The summed E-state index contributed by atoms with van der Waals surface area (Å²) in [5, 5.41) is 8.80. The van der Waals surface area contributed by atoms with E-state index in [9.17, 15) is 9.59 Å². The number of carboxylic acid groups (broad SMARTS) is 1. The summed E-state index contributed by atoms with van der Waals surface area (Å²) in [6.45, 7) is 0.511. The molecule has 1 N–H and O–H groups in total. The summed E-state index contributed by atoms with van der Waals surface area (Å²) in [6, 6.07) is 0. The van der Waals surface area contributed by atoms with Crippen LogP contribution in [0.15, 0.2) is 0 Å². The highest BCUT2D eigenvalue weighted by Gasteiger charge is 2.48. The molecule has 0 heterocycles. The van der Waals surface area contributed by atoms with Gasteiger partial charge in [0, 0.05) is 6.54 Å². The van der Waals surface area contributed by atoms with Crippen LogP contribution in [0.1, 0.15) is 32.1 Å². The molecule has 4 aliphatic rings. The normalized spacial score (nSPS) is 40.8. The van der Waals surface area contributed by atoms with Gasteiger partial charge in [-0.1, -0.05) is 0 Å². The summed E-state index contributed by atoms with van der Waals surface area (Å²) in [6.07, 6.45) is 7.40. The van der Waals surface area contributed by atoms with E-state index in [1.807, 2.05) is 0 Å². The van der Waals surface area contributed by atoms with Gasteiger partial charge in [-0.25, -0.2) is 0 Å². The Balaban J connectivity index is 1.65. The summed E-state index contributed by atoms with van der Waals surface area (Å²) < 4.78 is 0. The second kappa shape index (κ2) is 4.56. The van der Waals surface area contributed by atoms with E-state index in [-0.39, 0.29) is 6.54 Å². The van der Waals surface area contributed by atoms with Crippen LogP contribution in [-0.2, 0) is 9.59 Å². The Morgan fingerprint density at radius 1 is 1.11 bits per heavy atom. The van der Waals surface area contributed by atoms with Gasteiger partial charge < -0.3 is 10.0 Å². The smallest absolute Gasteiger partial charge is 0.323 e. The average Bonchev–Trinajstić information content (AvgIpc) is 2.30. The summed E-state index contributed by atoms with van der Waals surface area (Å²) in [5.41, 5.74) is 0. The van der Waals surface area contributed by atoms with Crippen LogP contribution in [0.3, 0.4) is 0 Å². The van der Waals surface area contributed by atoms with E-state index in [0.29, 0.717) is 18.9 Å².